The Morgan fingerprint density at radius 2 is 2.31 bits per heavy atom. The maximum Gasteiger partial charge on any atom is 0.244 e. The van der Waals surface area contributed by atoms with Crippen molar-refractivity contribution in [2.24, 2.45) is 0 Å². The molecule has 2 saturated heterocycles. The normalized spacial score (nSPS) is 29.2. The van der Waals surface area contributed by atoms with E-state index in [-0.39, 0.29) is 17.9 Å². The van der Waals surface area contributed by atoms with Gasteiger partial charge >= 0.3 is 0 Å². The Hall–Kier alpha value is -1.10. The van der Waals surface area contributed by atoms with Gasteiger partial charge in [0.1, 0.15) is 6.04 Å². The first-order valence-electron chi connectivity index (χ1n) is 5.94. The van der Waals surface area contributed by atoms with Gasteiger partial charge in [-0.1, -0.05) is 0 Å². The van der Waals surface area contributed by atoms with Crippen molar-refractivity contribution in [2.45, 2.75) is 37.8 Å². The first-order valence-corrected chi connectivity index (χ1v) is 5.94. The SMILES string of the molecule is CN(CC1CCCN1)C(=O)[C@H]1CCC(=O)N1. The molecule has 2 heterocycles. The molecule has 2 N–H and O–H groups in total. The third-order valence-corrected chi connectivity index (χ3v) is 3.33. The summed E-state index contributed by atoms with van der Waals surface area (Å²) >= 11 is 0. The van der Waals surface area contributed by atoms with Crippen molar-refractivity contribution in [2.75, 3.05) is 20.1 Å². The zero-order chi connectivity index (χ0) is 11.5. The van der Waals surface area contributed by atoms with Crippen LogP contribution in [0.15, 0.2) is 0 Å². The molecule has 90 valence electrons. The van der Waals surface area contributed by atoms with E-state index in [1.54, 1.807) is 4.90 Å². The zero-order valence-corrected chi connectivity index (χ0v) is 9.66. The Labute approximate surface area is 95.6 Å². The molecule has 5 heteroatoms. The van der Waals surface area contributed by atoms with Gasteiger partial charge in [0, 0.05) is 26.1 Å². The number of likely N-dealkylation sites (N-methyl/N-ethyl adjacent to an activating group) is 1. The molecule has 2 aliphatic heterocycles. The molecule has 0 spiro atoms. The zero-order valence-electron chi connectivity index (χ0n) is 9.66. The first-order chi connectivity index (χ1) is 7.66. The van der Waals surface area contributed by atoms with E-state index in [0.717, 1.165) is 19.5 Å². The minimum Gasteiger partial charge on any atom is -0.344 e. The van der Waals surface area contributed by atoms with Crippen LogP contribution in [-0.2, 0) is 9.59 Å². The molecule has 0 aliphatic carbocycles. The van der Waals surface area contributed by atoms with E-state index < -0.39 is 0 Å². The van der Waals surface area contributed by atoms with Gasteiger partial charge in [-0.2, -0.15) is 0 Å². The monoisotopic (exact) mass is 225 g/mol. The third-order valence-electron chi connectivity index (χ3n) is 3.33. The lowest BCUT2D eigenvalue weighted by Crippen LogP contribution is -2.46. The molecule has 0 aromatic carbocycles. The molecule has 16 heavy (non-hydrogen) atoms. The van der Waals surface area contributed by atoms with Crippen molar-refractivity contribution in [3.63, 3.8) is 0 Å². The van der Waals surface area contributed by atoms with Crippen molar-refractivity contribution >= 4 is 11.8 Å². The van der Waals surface area contributed by atoms with Crippen LogP contribution < -0.4 is 10.6 Å². The number of nitrogens with one attached hydrogen (secondary N) is 2. The van der Waals surface area contributed by atoms with Gasteiger partial charge < -0.3 is 15.5 Å². The lowest BCUT2D eigenvalue weighted by Gasteiger charge is -2.24. The molecule has 0 radical (unpaired) electrons. The second-order valence-electron chi connectivity index (χ2n) is 4.67. The van der Waals surface area contributed by atoms with Gasteiger partial charge in [-0.15, -0.1) is 0 Å². The van der Waals surface area contributed by atoms with Crippen LogP contribution in [0, 0.1) is 0 Å². The summed E-state index contributed by atoms with van der Waals surface area (Å²) in [4.78, 5) is 24.7. The third kappa shape index (κ3) is 2.52. The maximum atomic E-state index is 12.0. The Morgan fingerprint density at radius 3 is 2.88 bits per heavy atom. The molecule has 1 unspecified atom stereocenters. The minimum atomic E-state index is -0.293. The topological polar surface area (TPSA) is 61.4 Å². The number of hydrogen-bond acceptors (Lipinski definition) is 3. The number of amides is 2. The van der Waals surface area contributed by atoms with Crippen LogP contribution in [0.5, 0.6) is 0 Å². The second kappa shape index (κ2) is 4.82. The molecular weight excluding hydrogens is 206 g/mol. The number of nitrogens with zero attached hydrogens (tertiary/aromatic N) is 1. The molecule has 2 atom stereocenters. The molecule has 0 aromatic rings. The first kappa shape index (κ1) is 11.4. The summed E-state index contributed by atoms with van der Waals surface area (Å²) in [6, 6.07) is 0.130. The fourth-order valence-electron chi connectivity index (χ4n) is 2.40. The van der Waals surface area contributed by atoms with Crippen LogP contribution in [0.25, 0.3) is 0 Å². The van der Waals surface area contributed by atoms with E-state index in [9.17, 15) is 9.59 Å². The molecule has 5 nitrogen and oxygen atoms in total. The summed E-state index contributed by atoms with van der Waals surface area (Å²) in [5, 5.41) is 6.07. The predicted octanol–water partition coefficient (Wildman–Crippen LogP) is -0.525. The van der Waals surface area contributed by atoms with E-state index in [0.29, 0.717) is 18.9 Å². The summed E-state index contributed by atoms with van der Waals surface area (Å²) in [6.07, 6.45) is 3.44. The van der Waals surface area contributed by atoms with Crippen LogP contribution in [0.3, 0.4) is 0 Å². The van der Waals surface area contributed by atoms with Crippen LogP contribution in [0.4, 0.5) is 0 Å². The van der Waals surface area contributed by atoms with Crippen molar-refractivity contribution < 1.29 is 9.59 Å². The molecule has 0 bridgehead atoms. The van der Waals surface area contributed by atoms with Crippen LogP contribution in [0.1, 0.15) is 25.7 Å². The van der Waals surface area contributed by atoms with Gasteiger partial charge in [-0.05, 0) is 25.8 Å². The molecule has 0 saturated carbocycles. The van der Waals surface area contributed by atoms with E-state index in [4.69, 9.17) is 0 Å². The summed E-state index contributed by atoms with van der Waals surface area (Å²) < 4.78 is 0. The van der Waals surface area contributed by atoms with Crippen LogP contribution in [0.2, 0.25) is 0 Å². The molecule has 2 amide bonds. The molecular formula is C11H19N3O2. The highest BCUT2D eigenvalue weighted by atomic mass is 16.2. The fourth-order valence-corrected chi connectivity index (χ4v) is 2.40. The quantitative estimate of drug-likeness (QED) is 0.679. The van der Waals surface area contributed by atoms with Crippen LogP contribution in [-0.4, -0.2) is 48.9 Å². The Bertz CT molecular complexity index is 287. The highest BCUT2D eigenvalue weighted by Gasteiger charge is 2.30. The van der Waals surface area contributed by atoms with Crippen LogP contribution >= 0.6 is 0 Å². The molecule has 2 aliphatic rings. The predicted molar refractivity (Wildman–Crippen MR) is 59.8 cm³/mol. The lowest BCUT2D eigenvalue weighted by molar-refractivity contribution is -0.133. The Balaban J connectivity index is 1.81. The standard InChI is InChI=1S/C11H19N3O2/c1-14(7-8-3-2-6-12-8)11(16)9-4-5-10(15)13-9/h8-9,12H,2-7H2,1H3,(H,13,15)/t8?,9-/m1/s1. The van der Waals surface area contributed by atoms with Gasteiger partial charge in [0.2, 0.25) is 11.8 Å². The summed E-state index contributed by atoms with van der Waals surface area (Å²) in [5.41, 5.74) is 0. The Kier molecular flexibility index (Phi) is 3.43. The summed E-state index contributed by atoms with van der Waals surface area (Å²) in [5.74, 6) is 0.0327. The molecule has 2 fully saturated rings. The maximum absolute atomic E-state index is 12.0. The van der Waals surface area contributed by atoms with Crippen molar-refractivity contribution in [1.29, 1.82) is 0 Å². The van der Waals surface area contributed by atoms with E-state index >= 15 is 0 Å². The lowest BCUT2D eigenvalue weighted by atomic mass is 10.1. The highest BCUT2D eigenvalue weighted by Crippen LogP contribution is 2.11. The van der Waals surface area contributed by atoms with Gasteiger partial charge in [-0.25, -0.2) is 0 Å². The summed E-state index contributed by atoms with van der Waals surface area (Å²) in [6.45, 7) is 1.79. The number of hydrogen-bond donors (Lipinski definition) is 2. The Morgan fingerprint density at radius 1 is 1.50 bits per heavy atom. The number of carbonyl (C=O) groups excluding carboxylic acids is 2. The largest absolute Gasteiger partial charge is 0.344 e. The summed E-state index contributed by atoms with van der Waals surface area (Å²) in [7, 11) is 1.81. The smallest absolute Gasteiger partial charge is 0.244 e. The average Bonchev–Trinajstić information content (AvgIpc) is 2.88. The van der Waals surface area contributed by atoms with E-state index in [1.807, 2.05) is 7.05 Å². The second-order valence-corrected chi connectivity index (χ2v) is 4.67. The van der Waals surface area contributed by atoms with Gasteiger partial charge in [0.15, 0.2) is 0 Å². The number of carbonyl (C=O) groups is 2. The van der Waals surface area contributed by atoms with Crippen molar-refractivity contribution in [3.8, 4) is 0 Å². The van der Waals surface area contributed by atoms with Crippen molar-refractivity contribution in [3.05, 3.63) is 0 Å². The van der Waals surface area contributed by atoms with E-state index in [1.165, 1.54) is 6.42 Å². The van der Waals surface area contributed by atoms with Gasteiger partial charge in [-0.3, -0.25) is 9.59 Å². The molecule has 0 aromatic heterocycles. The van der Waals surface area contributed by atoms with E-state index in [2.05, 4.69) is 10.6 Å². The average molecular weight is 225 g/mol. The van der Waals surface area contributed by atoms with Gasteiger partial charge in [0.05, 0.1) is 0 Å². The highest BCUT2D eigenvalue weighted by molar-refractivity contribution is 5.90. The van der Waals surface area contributed by atoms with Crippen molar-refractivity contribution in [1.82, 2.24) is 15.5 Å². The van der Waals surface area contributed by atoms with Gasteiger partial charge in [0.25, 0.3) is 0 Å². The molecule has 2 rings (SSSR count). The fraction of sp³-hybridized carbons (Fsp3) is 0.818. The number of rotatable bonds is 3. The minimum absolute atomic E-state index is 0.00857.